The summed E-state index contributed by atoms with van der Waals surface area (Å²) in [6.07, 6.45) is 9.41. The van der Waals surface area contributed by atoms with Crippen LogP contribution < -0.4 is 5.73 Å². The zero-order valence-corrected chi connectivity index (χ0v) is 11.9. The monoisotopic (exact) mass is 238 g/mol. The number of likely N-dealkylation sites (tertiary alicyclic amines) is 1. The number of piperidine rings is 1. The average molecular weight is 238 g/mol. The quantitative estimate of drug-likeness (QED) is 0.711. The second-order valence-electron chi connectivity index (χ2n) is 7.12. The first-order valence-corrected chi connectivity index (χ1v) is 7.49. The molecule has 1 heterocycles. The zero-order chi connectivity index (χ0) is 12.5. The topological polar surface area (TPSA) is 29.3 Å². The summed E-state index contributed by atoms with van der Waals surface area (Å²) in [6.45, 7) is 8.47. The van der Waals surface area contributed by atoms with Gasteiger partial charge in [0.15, 0.2) is 0 Å². The summed E-state index contributed by atoms with van der Waals surface area (Å²) < 4.78 is 0. The van der Waals surface area contributed by atoms with Crippen molar-refractivity contribution in [2.75, 3.05) is 6.54 Å². The molecule has 3 unspecified atom stereocenters. The van der Waals surface area contributed by atoms with Gasteiger partial charge in [0.1, 0.15) is 0 Å². The Balaban J connectivity index is 1.93. The van der Waals surface area contributed by atoms with Gasteiger partial charge < -0.3 is 5.73 Å². The molecule has 0 radical (unpaired) electrons. The van der Waals surface area contributed by atoms with E-state index in [9.17, 15) is 0 Å². The molecule has 100 valence electrons. The number of nitrogens with zero attached hydrogens (tertiary/aromatic N) is 1. The number of rotatable bonds is 1. The first kappa shape index (κ1) is 13.4. The van der Waals surface area contributed by atoms with Crippen LogP contribution in [0.5, 0.6) is 0 Å². The van der Waals surface area contributed by atoms with E-state index in [4.69, 9.17) is 5.73 Å². The van der Waals surface area contributed by atoms with E-state index in [0.29, 0.717) is 17.5 Å². The van der Waals surface area contributed by atoms with E-state index in [1.807, 2.05) is 0 Å². The van der Waals surface area contributed by atoms with Gasteiger partial charge >= 0.3 is 0 Å². The van der Waals surface area contributed by atoms with Crippen LogP contribution >= 0.6 is 0 Å². The fourth-order valence-corrected chi connectivity index (χ4v) is 3.74. The number of hydrogen-bond donors (Lipinski definition) is 1. The molecular formula is C15H30N2. The Labute approximate surface area is 107 Å². The zero-order valence-electron chi connectivity index (χ0n) is 11.9. The summed E-state index contributed by atoms with van der Waals surface area (Å²) in [5.74, 6) is 0. The van der Waals surface area contributed by atoms with E-state index < -0.39 is 0 Å². The largest absolute Gasteiger partial charge is 0.328 e. The van der Waals surface area contributed by atoms with Gasteiger partial charge in [0.25, 0.3) is 0 Å². The highest BCUT2D eigenvalue weighted by molar-refractivity contribution is 4.88. The predicted molar refractivity (Wildman–Crippen MR) is 74.0 cm³/mol. The minimum absolute atomic E-state index is 0.448. The average Bonchev–Trinajstić information content (AvgIpc) is 2.40. The maximum atomic E-state index is 6.06. The molecule has 1 aliphatic carbocycles. The molecule has 0 spiro atoms. The second kappa shape index (κ2) is 5.27. The molecule has 0 bridgehead atoms. The molecule has 1 saturated carbocycles. The first-order valence-electron chi connectivity index (χ1n) is 7.49. The molecule has 2 N–H and O–H groups in total. The molecule has 2 aliphatic rings. The Morgan fingerprint density at radius 3 is 2.59 bits per heavy atom. The summed E-state index contributed by atoms with van der Waals surface area (Å²) in [5.41, 5.74) is 6.64. The minimum Gasteiger partial charge on any atom is -0.328 e. The van der Waals surface area contributed by atoms with Gasteiger partial charge in [-0.1, -0.05) is 20.3 Å². The smallest absolute Gasteiger partial charge is 0.00983 e. The van der Waals surface area contributed by atoms with Gasteiger partial charge in [-0.25, -0.2) is 0 Å². The van der Waals surface area contributed by atoms with Crippen molar-refractivity contribution in [3.63, 3.8) is 0 Å². The van der Waals surface area contributed by atoms with Crippen LogP contribution in [0.2, 0.25) is 0 Å². The van der Waals surface area contributed by atoms with Gasteiger partial charge in [0.05, 0.1) is 0 Å². The van der Waals surface area contributed by atoms with Crippen molar-refractivity contribution in [2.45, 2.75) is 83.8 Å². The van der Waals surface area contributed by atoms with E-state index >= 15 is 0 Å². The molecule has 17 heavy (non-hydrogen) atoms. The van der Waals surface area contributed by atoms with E-state index in [1.165, 1.54) is 51.5 Å². The minimum atomic E-state index is 0.448. The summed E-state index contributed by atoms with van der Waals surface area (Å²) in [4.78, 5) is 2.75. The fourth-order valence-electron chi connectivity index (χ4n) is 3.74. The summed E-state index contributed by atoms with van der Waals surface area (Å²) >= 11 is 0. The lowest BCUT2D eigenvalue weighted by Gasteiger charge is -2.41. The van der Waals surface area contributed by atoms with Crippen LogP contribution in [-0.2, 0) is 0 Å². The molecule has 3 atom stereocenters. The third kappa shape index (κ3) is 3.45. The molecular weight excluding hydrogens is 208 g/mol. The second-order valence-corrected chi connectivity index (χ2v) is 7.12. The molecule has 0 aromatic rings. The highest BCUT2D eigenvalue weighted by Crippen LogP contribution is 2.36. The summed E-state index contributed by atoms with van der Waals surface area (Å²) in [7, 11) is 0. The van der Waals surface area contributed by atoms with Crippen molar-refractivity contribution in [3.05, 3.63) is 0 Å². The SMILES string of the molecule is CC1CC(N)CCN1C1CCCC(C)(C)CC1. The number of hydrogen-bond acceptors (Lipinski definition) is 2. The molecule has 2 rings (SSSR count). The van der Waals surface area contributed by atoms with Crippen LogP contribution in [0.4, 0.5) is 0 Å². The molecule has 0 aromatic carbocycles. The predicted octanol–water partition coefficient (Wildman–Crippen LogP) is 3.16. The number of nitrogens with two attached hydrogens (primary N) is 1. The van der Waals surface area contributed by atoms with Gasteiger partial charge in [-0.2, -0.15) is 0 Å². The van der Waals surface area contributed by atoms with Crippen LogP contribution in [-0.4, -0.2) is 29.6 Å². The summed E-state index contributed by atoms with van der Waals surface area (Å²) in [6, 6.07) is 1.98. The van der Waals surface area contributed by atoms with Crippen molar-refractivity contribution >= 4 is 0 Å². The molecule has 0 aromatic heterocycles. The Morgan fingerprint density at radius 2 is 1.88 bits per heavy atom. The lowest BCUT2D eigenvalue weighted by molar-refractivity contribution is 0.0850. The van der Waals surface area contributed by atoms with E-state index in [0.717, 1.165) is 6.04 Å². The van der Waals surface area contributed by atoms with Crippen LogP contribution in [0.25, 0.3) is 0 Å². The van der Waals surface area contributed by atoms with Crippen molar-refractivity contribution in [1.82, 2.24) is 4.90 Å². The molecule has 1 aliphatic heterocycles. The van der Waals surface area contributed by atoms with Gasteiger partial charge in [-0.15, -0.1) is 0 Å². The highest BCUT2D eigenvalue weighted by Gasteiger charge is 2.32. The van der Waals surface area contributed by atoms with Gasteiger partial charge in [-0.3, -0.25) is 4.90 Å². The highest BCUT2D eigenvalue weighted by atomic mass is 15.2. The van der Waals surface area contributed by atoms with Crippen LogP contribution in [0.3, 0.4) is 0 Å². The van der Waals surface area contributed by atoms with Crippen LogP contribution in [0, 0.1) is 5.41 Å². The van der Waals surface area contributed by atoms with E-state index in [-0.39, 0.29) is 0 Å². The van der Waals surface area contributed by atoms with Gasteiger partial charge in [0.2, 0.25) is 0 Å². The molecule has 0 amide bonds. The van der Waals surface area contributed by atoms with Gasteiger partial charge in [0, 0.05) is 24.7 Å². The molecule has 1 saturated heterocycles. The normalized spacial score (nSPS) is 39.9. The Hall–Kier alpha value is -0.0800. The standard InChI is InChI=1S/C15H30N2/c1-12-11-13(16)7-10-17(12)14-5-4-8-15(2,3)9-6-14/h12-14H,4-11,16H2,1-3H3. The molecule has 2 nitrogen and oxygen atoms in total. The van der Waals surface area contributed by atoms with Crippen molar-refractivity contribution in [2.24, 2.45) is 11.1 Å². The Morgan fingerprint density at radius 1 is 1.12 bits per heavy atom. The van der Waals surface area contributed by atoms with E-state index in [1.54, 1.807) is 0 Å². The Bertz CT molecular complexity index is 249. The fraction of sp³-hybridized carbons (Fsp3) is 1.00. The summed E-state index contributed by atoms with van der Waals surface area (Å²) in [5, 5.41) is 0. The Kier molecular flexibility index (Phi) is 4.14. The van der Waals surface area contributed by atoms with Crippen LogP contribution in [0.1, 0.15) is 65.7 Å². The third-order valence-electron chi connectivity index (χ3n) is 4.98. The maximum absolute atomic E-state index is 6.06. The van der Waals surface area contributed by atoms with Gasteiger partial charge in [-0.05, 0) is 50.9 Å². The first-order chi connectivity index (χ1) is 7.98. The van der Waals surface area contributed by atoms with Crippen molar-refractivity contribution in [3.8, 4) is 0 Å². The maximum Gasteiger partial charge on any atom is 0.00983 e. The van der Waals surface area contributed by atoms with Crippen molar-refractivity contribution < 1.29 is 0 Å². The van der Waals surface area contributed by atoms with E-state index in [2.05, 4.69) is 25.7 Å². The lowest BCUT2D eigenvalue weighted by Crippen LogP contribution is -2.50. The molecule has 2 heteroatoms. The van der Waals surface area contributed by atoms with Crippen molar-refractivity contribution in [1.29, 1.82) is 0 Å². The van der Waals surface area contributed by atoms with Crippen LogP contribution in [0.15, 0.2) is 0 Å². The third-order valence-corrected chi connectivity index (χ3v) is 4.98. The molecule has 2 fully saturated rings. The lowest BCUT2D eigenvalue weighted by atomic mass is 9.85.